The van der Waals surface area contributed by atoms with Crippen molar-refractivity contribution in [2.45, 2.75) is 13.8 Å². The van der Waals surface area contributed by atoms with E-state index >= 15 is 0 Å². The van der Waals surface area contributed by atoms with E-state index in [4.69, 9.17) is 5.73 Å². The van der Waals surface area contributed by atoms with Crippen molar-refractivity contribution >= 4 is 17.6 Å². The zero-order valence-corrected chi connectivity index (χ0v) is 11.7. The molecule has 2 aromatic heterocycles. The van der Waals surface area contributed by atoms with Crippen LogP contribution in [0.3, 0.4) is 0 Å². The summed E-state index contributed by atoms with van der Waals surface area (Å²) in [6.07, 6.45) is 0. The Labute approximate surface area is 120 Å². The number of fused-ring (bicyclic) bond motifs is 1. The summed E-state index contributed by atoms with van der Waals surface area (Å²) >= 11 is 0. The standard InChI is InChI=1S/C15H14N4O2/c1-8-3-4-10(7-9(8)2)11-5-6-12(14(20)21)19-13(11)17-15(16)18-19/h3-7H,1-2H3,(H2,16,18)(H,20,21). The molecule has 21 heavy (non-hydrogen) atoms. The van der Waals surface area contributed by atoms with Crippen LogP contribution in [0.1, 0.15) is 21.6 Å². The molecule has 3 rings (SSSR count). The fourth-order valence-corrected chi connectivity index (χ4v) is 2.27. The van der Waals surface area contributed by atoms with Gasteiger partial charge in [-0.05, 0) is 42.7 Å². The van der Waals surface area contributed by atoms with E-state index in [1.54, 1.807) is 6.07 Å². The Hall–Kier alpha value is -2.89. The highest BCUT2D eigenvalue weighted by Gasteiger charge is 2.16. The summed E-state index contributed by atoms with van der Waals surface area (Å²) in [5, 5.41) is 13.2. The van der Waals surface area contributed by atoms with Gasteiger partial charge in [0.15, 0.2) is 11.3 Å². The third-order valence-corrected chi connectivity index (χ3v) is 3.54. The fraction of sp³-hybridized carbons (Fsp3) is 0.133. The van der Waals surface area contributed by atoms with Crippen LogP contribution in [0.15, 0.2) is 30.3 Å². The van der Waals surface area contributed by atoms with Crippen LogP contribution in [-0.4, -0.2) is 25.7 Å². The van der Waals surface area contributed by atoms with Crippen LogP contribution in [0.2, 0.25) is 0 Å². The number of pyridine rings is 1. The first-order chi connectivity index (χ1) is 9.97. The zero-order chi connectivity index (χ0) is 15.1. The number of hydrogen-bond donors (Lipinski definition) is 2. The number of nitrogens with two attached hydrogens (primary N) is 1. The van der Waals surface area contributed by atoms with E-state index < -0.39 is 5.97 Å². The van der Waals surface area contributed by atoms with Crippen molar-refractivity contribution in [2.24, 2.45) is 0 Å². The Morgan fingerprint density at radius 3 is 2.62 bits per heavy atom. The average molecular weight is 282 g/mol. The van der Waals surface area contributed by atoms with Gasteiger partial charge >= 0.3 is 5.97 Å². The number of carboxylic acids is 1. The number of rotatable bonds is 2. The SMILES string of the molecule is Cc1ccc(-c2ccc(C(=O)O)n3nc(N)nc23)cc1C. The van der Waals surface area contributed by atoms with E-state index in [2.05, 4.69) is 10.1 Å². The van der Waals surface area contributed by atoms with Gasteiger partial charge in [-0.25, -0.2) is 9.31 Å². The minimum atomic E-state index is -1.07. The second kappa shape index (κ2) is 4.59. The first-order valence-corrected chi connectivity index (χ1v) is 6.43. The number of anilines is 1. The van der Waals surface area contributed by atoms with Gasteiger partial charge in [-0.1, -0.05) is 18.2 Å². The molecule has 0 bridgehead atoms. The number of aryl methyl sites for hydroxylation is 2. The number of nitrogens with zero attached hydrogens (tertiary/aromatic N) is 3. The lowest BCUT2D eigenvalue weighted by atomic mass is 10.0. The van der Waals surface area contributed by atoms with Crippen LogP contribution >= 0.6 is 0 Å². The lowest BCUT2D eigenvalue weighted by Crippen LogP contribution is -2.07. The largest absolute Gasteiger partial charge is 0.477 e. The quantitative estimate of drug-likeness (QED) is 0.752. The van der Waals surface area contributed by atoms with Crippen LogP contribution in [0, 0.1) is 13.8 Å². The van der Waals surface area contributed by atoms with Gasteiger partial charge in [0.25, 0.3) is 0 Å². The second-order valence-corrected chi connectivity index (χ2v) is 4.94. The average Bonchev–Trinajstić information content (AvgIpc) is 2.81. The summed E-state index contributed by atoms with van der Waals surface area (Å²) in [6, 6.07) is 9.27. The van der Waals surface area contributed by atoms with Crippen molar-refractivity contribution in [2.75, 3.05) is 5.73 Å². The molecule has 0 aliphatic carbocycles. The molecule has 2 heterocycles. The number of carbonyl (C=O) groups is 1. The van der Waals surface area contributed by atoms with E-state index in [1.165, 1.54) is 16.1 Å². The highest BCUT2D eigenvalue weighted by atomic mass is 16.4. The summed E-state index contributed by atoms with van der Waals surface area (Å²) in [6.45, 7) is 4.07. The maximum Gasteiger partial charge on any atom is 0.354 e. The molecule has 0 fully saturated rings. The van der Waals surface area contributed by atoms with Crippen molar-refractivity contribution in [3.05, 3.63) is 47.2 Å². The Kier molecular flexibility index (Phi) is 2.86. The van der Waals surface area contributed by atoms with E-state index in [0.29, 0.717) is 5.65 Å². The number of hydrogen-bond acceptors (Lipinski definition) is 4. The topological polar surface area (TPSA) is 93.5 Å². The highest BCUT2D eigenvalue weighted by molar-refractivity contribution is 5.89. The smallest absolute Gasteiger partial charge is 0.354 e. The molecule has 6 nitrogen and oxygen atoms in total. The fourth-order valence-electron chi connectivity index (χ4n) is 2.27. The Morgan fingerprint density at radius 1 is 1.19 bits per heavy atom. The number of aromatic nitrogens is 3. The van der Waals surface area contributed by atoms with Gasteiger partial charge in [-0.15, -0.1) is 5.10 Å². The van der Waals surface area contributed by atoms with Gasteiger partial charge in [0.2, 0.25) is 5.95 Å². The van der Waals surface area contributed by atoms with Crippen LogP contribution in [0.4, 0.5) is 5.95 Å². The number of benzene rings is 1. The minimum Gasteiger partial charge on any atom is -0.477 e. The molecular formula is C15H14N4O2. The van der Waals surface area contributed by atoms with E-state index in [-0.39, 0.29) is 11.6 Å². The predicted molar refractivity (Wildman–Crippen MR) is 79.3 cm³/mol. The zero-order valence-electron chi connectivity index (χ0n) is 11.7. The number of nitrogen functional groups attached to an aromatic ring is 1. The molecule has 0 saturated carbocycles. The van der Waals surface area contributed by atoms with Gasteiger partial charge in [-0.2, -0.15) is 4.98 Å². The third-order valence-electron chi connectivity index (χ3n) is 3.54. The predicted octanol–water partition coefficient (Wildman–Crippen LogP) is 2.29. The van der Waals surface area contributed by atoms with Crippen molar-refractivity contribution < 1.29 is 9.90 Å². The summed E-state index contributed by atoms with van der Waals surface area (Å²) < 4.78 is 1.27. The van der Waals surface area contributed by atoms with Crippen molar-refractivity contribution in [1.82, 2.24) is 14.6 Å². The molecule has 6 heteroatoms. The molecule has 0 unspecified atom stereocenters. The van der Waals surface area contributed by atoms with Crippen LogP contribution in [0.25, 0.3) is 16.8 Å². The normalized spacial score (nSPS) is 11.0. The van der Waals surface area contributed by atoms with Gasteiger partial charge in [-0.3, -0.25) is 0 Å². The third kappa shape index (κ3) is 2.10. The molecule has 0 amide bonds. The Balaban J connectivity index is 2.31. The molecule has 3 N–H and O–H groups in total. The van der Waals surface area contributed by atoms with Crippen LogP contribution in [0.5, 0.6) is 0 Å². The summed E-state index contributed by atoms with van der Waals surface area (Å²) in [5.41, 5.74) is 10.2. The van der Waals surface area contributed by atoms with Gasteiger partial charge in [0, 0.05) is 5.56 Å². The van der Waals surface area contributed by atoms with Gasteiger partial charge in [0.1, 0.15) is 0 Å². The Bertz CT molecular complexity index is 867. The van der Waals surface area contributed by atoms with Crippen LogP contribution in [-0.2, 0) is 0 Å². The Morgan fingerprint density at radius 2 is 1.95 bits per heavy atom. The van der Waals surface area contributed by atoms with Crippen molar-refractivity contribution in [3.63, 3.8) is 0 Å². The molecule has 0 atom stereocenters. The van der Waals surface area contributed by atoms with Crippen molar-refractivity contribution in [3.8, 4) is 11.1 Å². The molecular weight excluding hydrogens is 268 g/mol. The molecule has 3 aromatic rings. The maximum absolute atomic E-state index is 11.2. The molecule has 0 aliphatic heterocycles. The first-order valence-electron chi connectivity index (χ1n) is 6.43. The molecule has 1 aromatic carbocycles. The first kappa shape index (κ1) is 13.1. The summed E-state index contributed by atoms with van der Waals surface area (Å²) in [7, 11) is 0. The monoisotopic (exact) mass is 282 g/mol. The van der Waals surface area contributed by atoms with Crippen molar-refractivity contribution in [1.29, 1.82) is 0 Å². The number of aromatic carboxylic acids is 1. The molecule has 0 radical (unpaired) electrons. The highest BCUT2D eigenvalue weighted by Crippen LogP contribution is 2.27. The minimum absolute atomic E-state index is 0.0294. The maximum atomic E-state index is 11.2. The van der Waals surface area contributed by atoms with E-state index in [1.807, 2.05) is 32.0 Å². The molecule has 0 saturated heterocycles. The molecule has 0 spiro atoms. The second-order valence-electron chi connectivity index (χ2n) is 4.94. The van der Waals surface area contributed by atoms with Gasteiger partial charge in [0.05, 0.1) is 0 Å². The number of carboxylic acid groups (broad SMARTS) is 1. The van der Waals surface area contributed by atoms with Gasteiger partial charge < -0.3 is 10.8 Å². The lowest BCUT2D eigenvalue weighted by Gasteiger charge is -2.08. The van der Waals surface area contributed by atoms with Crippen LogP contribution < -0.4 is 5.73 Å². The van der Waals surface area contributed by atoms with E-state index in [9.17, 15) is 9.90 Å². The summed E-state index contributed by atoms with van der Waals surface area (Å²) in [5.74, 6) is -1.02. The van der Waals surface area contributed by atoms with E-state index in [0.717, 1.165) is 16.7 Å². The lowest BCUT2D eigenvalue weighted by molar-refractivity contribution is 0.0687. The molecule has 0 aliphatic rings. The summed E-state index contributed by atoms with van der Waals surface area (Å²) in [4.78, 5) is 15.4. The molecule has 106 valence electrons.